The van der Waals surface area contributed by atoms with Gasteiger partial charge >= 0.3 is 0 Å². The predicted molar refractivity (Wildman–Crippen MR) is 115 cm³/mol. The number of nitrogens with two attached hydrogens (primary N) is 1. The number of rotatable bonds is 11. The van der Waals surface area contributed by atoms with Crippen molar-refractivity contribution in [3.63, 3.8) is 0 Å². The fraction of sp³-hybridized carbons (Fsp3) is 0.545. The Kier molecular flexibility index (Phi) is 8.51. The molecule has 2 rings (SSSR count). The topological polar surface area (TPSA) is 93.3 Å². The van der Waals surface area contributed by atoms with E-state index in [1.165, 1.54) is 5.56 Å². The summed E-state index contributed by atoms with van der Waals surface area (Å²) in [4.78, 5) is 9.00. The number of ether oxygens (including phenoxy) is 1. The molecule has 28 heavy (non-hydrogen) atoms. The number of aliphatic hydroxyl groups is 1. The summed E-state index contributed by atoms with van der Waals surface area (Å²) in [6, 6.07) is 6.34. The minimum atomic E-state index is 0.142. The number of anilines is 2. The van der Waals surface area contributed by atoms with Crippen molar-refractivity contribution >= 4 is 11.8 Å². The molecule has 0 saturated carbocycles. The van der Waals surface area contributed by atoms with E-state index < -0.39 is 0 Å². The summed E-state index contributed by atoms with van der Waals surface area (Å²) < 4.78 is 5.56. The summed E-state index contributed by atoms with van der Waals surface area (Å²) in [5.41, 5.74) is 10.3. The number of hydrogen-bond donors (Lipinski definition) is 3. The van der Waals surface area contributed by atoms with Gasteiger partial charge in [-0.3, -0.25) is 0 Å². The van der Waals surface area contributed by atoms with Gasteiger partial charge in [0.1, 0.15) is 11.6 Å². The van der Waals surface area contributed by atoms with Crippen molar-refractivity contribution in [2.45, 2.75) is 65.3 Å². The third-order valence-electron chi connectivity index (χ3n) is 4.97. The number of nitrogens with zero attached hydrogens (tertiary/aromatic N) is 2. The van der Waals surface area contributed by atoms with Crippen LogP contribution in [0, 0.1) is 6.92 Å². The van der Waals surface area contributed by atoms with E-state index in [0.717, 1.165) is 54.1 Å². The van der Waals surface area contributed by atoms with Crippen LogP contribution < -0.4 is 15.8 Å². The van der Waals surface area contributed by atoms with Crippen molar-refractivity contribution < 1.29 is 9.84 Å². The molecule has 0 bridgehead atoms. The minimum Gasteiger partial charge on any atom is -0.496 e. The number of methoxy groups -OCH3 is 1. The molecule has 1 aromatic heterocycles. The maximum Gasteiger partial charge on any atom is 0.222 e. The first-order valence-electron chi connectivity index (χ1n) is 10.2. The minimum absolute atomic E-state index is 0.142. The Hall–Kier alpha value is -2.34. The fourth-order valence-corrected chi connectivity index (χ4v) is 3.47. The number of aryl methyl sites for hydroxylation is 2. The Bertz CT molecular complexity index is 764. The molecule has 0 fully saturated rings. The second-order valence-electron chi connectivity index (χ2n) is 7.20. The summed E-state index contributed by atoms with van der Waals surface area (Å²) in [5.74, 6) is 1.90. The first-order valence-corrected chi connectivity index (χ1v) is 10.2. The van der Waals surface area contributed by atoms with Crippen LogP contribution in [0.2, 0.25) is 0 Å². The van der Waals surface area contributed by atoms with Crippen LogP contribution >= 0.6 is 0 Å². The van der Waals surface area contributed by atoms with Crippen LogP contribution in [0.5, 0.6) is 5.75 Å². The molecular weight excluding hydrogens is 352 g/mol. The largest absolute Gasteiger partial charge is 0.496 e. The van der Waals surface area contributed by atoms with Gasteiger partial charge in [0, 0.05) is 24.6 Å². The summed E-state index contributed by atoms with van der Waals surface area (Å²) in [6.07, 6.45) is 5.30. The van der Waals surface area contributed by atoms with Crippen molar-refractivity contribution in [2.75, 3.05) is 24.8 Å². The van der Waals surface area contributed by atoms with Gasteiger partial charge < -0.3 is 20.9 Å². The van der Waals surface area contributed by atoms with E-state index in [0.29, 0.717) is 12.8 Å². The van der Waals surface area contributed by atoms with Crippen molar-refractivity contribution in [3.8, 4) is 5.75 Å². The quantitative estimate of drug-likeness (QED) is 0.543. The normalized spacial score (nSPS) is 12.0. The molecule has 0 spiro atoms. The van der Waals surface area contributed by atoms with Crippen LogP contribution in [0.4, 0.5) is 11.8 Å². The van der Waals surface area contributed by atoms with E-state index in [1.807, 2.05) is 12.1 Å². The Morgan fingerprint density at radius 3 is 2.64 bits per heavy atom. The number of nitrogens with one attached hydrogen (secondary N) is 1. The van der Waals surface area contributed by atoms with Crippen molar-refractivity contribution in [3.05, 3.63) is 40.6 Å². The molecule has 1 heterocycles. The molecule has 2 aromatic rings. The second-order valence-corrected chi connectivity index (χ2v) is 7.20. The average Bonchev–Trinajstić information content (AvgIpc) is 2.68. The molecule has 6 heteroatoms. The summed E-state index contributed by atoms with van der Waals surface area (Å²) in [6.45, 7) is 6.46. The lowest BCUT2D eigenvalue weighted by Crippen LogP contribution is -2.24. The van der Waals surface area contributed by atoms with Gasteiger partial charge in [-0.25, -0.2) is 4.98 Å². The molecule has 0 radical (unpaired) electrons. The zero-order valence-electron chi connectivity index (χ0n) is 17.6. The molecule has 0 amide bonds. The first kappa shape index (κ1) is 22.0. The molecule has 4 N–H and O–H groups in total. The van der Waals surface area contributed by atoms with Gasteiger partial charge in [-0.15, -0.1) is 0 Å². The molecule has 0 aliphatic heterocycles. The molecule has 0 aliphatic rings. The number of aromatic nitrogens is 2. The summed E-state index contributed by atoms with van der Waals surface area (Å²) in [5, 5.41) is 13.0. The van der Waals surface area contributed by atoms with E-state index in [-0.39, 0.29) is 18.6 Å². The van der Waals surface area contributed by atoms with Gasteiger partial charge in [-0.2, -0.15) is 4.98 Å². The van der Waals surface area contributed by atoms with Gasteiger partial charge in [-0.1, -0.05) is 44.4 Å². The molecule has 154 valence electrons. The van der Waals surface area contributed by atoms with Crippen LogP contribution in [0.15, 0.2) is 18.2 Å². The van der Waals surface area contributed by atoms with Crippen molar-refractivity contribution in [1.29, 1.82) is 0 Å². The van der Waals surface area contributed by atoms with Crippen LogP contribution in [0.25, 0.3) is 0 Å². The Morgan fingerprint density at radius 1 is 1.21 bits per heavy atom. The third kappa shape index (κ3) is 5.83. The SMILES string of the molecule is CCCC[C@@H](CCO)Nc1nc(N)nc(CC)c1Cc1cc(C)ccc1OC. The lowest BCUT2D eigenvalue weighted by Gasteiger charge is -2.22. The van der Waals surface area contributed by atoms with E-state index >= 15 is 0 Å². The van der Waals surface area contributed by atoms with E-state index in [9.17, 15) is 5.11 Å². The highest BCUT2D eigenvalue weighted by atomic mass is 16.5. The number of nitrogen functional groups attached to an aromatic ring is 1. The van der Waals surface area contributed by atoms with Crippen LogP contribution in [0.3, 0.4) is 0 Å². The van der Waals surface area contributed by atoms with Crippen molar-refractivity contribution in [1.82, 2.24) is 9.97 Å². The maximum atomic E-state index is 9.46. The number of aliphatic hydroxyl groups excluding tert-OH is 1. The van der Waals surface area contributed by atoms with E-state index in [2.05, 4.69) is 42.1 Å². The molecule has 0 aliphatic carbocycles. The summed E-state index contributed by atoms with van der Waals surface area (Å²) in [7, 11) is 1.69. The van der Waals surface area contributed by atoms with Gasteiger partial charge in [0.15, 0.2) is 0 Å². The maximum absolute atomic E-state index is 9.46. The molecule has 0 saturated heterocycles. The molecular formula is C22H34N4O2. The van der Waals surface area contributed by atoms with Gasteiger partial charge in [0.2, 0.25) is 5.95 Å². The fourth-order valence-electron chi connectivity index (χ4n) is 3.47. The summed E-state index contributed by atoms with van der Waals surface area (Å²) >= 11 is 0. The zero-order valence-corrected chi connectivity index (χ0v) is 17.6. The molecule has 0 unspecified atom stereocenters. The molecule has 1 atom stereocenters. The van der Waals surface area contributed by atoms with Gasteiger partial charge in [0.25, 0.3) is 0 Å². The smallest absolute Gasteiger partial charge is 0.222 e. The lowest BCUT2D eigenvalue weighted by molar-refractivity contribution is 0.276. The third-order valence-corrected chi connectivity index (χ3v) is 4.97. The molecule has 1 aromatic carbocycles. The zero-order chi connectivity index (χ0) is 20.5. The number of unbranched alkanes of at least 4 members (excludes halogenated alkanes) is 1. The molecule has 6 nitrogen and oxygen atoms in total. The van der Waals surface area contributed by atoms with E-state index in [4.69, 9.17) is 10.5 Å². The van der Waals surface area contributed by atoms with E-state index in [1.54, 1.807) is 7.11 Å². The van der Waals surface area contributed by atoms with Crippen molar-refractivity contribution in [2.24, 2.45) is 0 Å². The monoisotopic (exact) mass is 386 g/mol. The number of hydrogen-bond acceptors (Lipinski definition) is 6. The van der Waals surface area contributed by atoms with Crippen LogP contribution in [-0.2, 0) is 12.8 Å². The predicted octanol–water partition coefficient (Wildman–Crippen LogP) is 3.88. The first-order chi connectivity index (χ1) is 13.5. The van der Waals surface area contributed by atoms with Crippen LogP contribution in [-0.4, -0.2) is 34.8 Å². The Labute approximate surface area is 168 Å². The number of benzene rings is 1. The lowest BCUT2D eigenvalue weighted by atomic mass is 9.99. The van der Waals surface area contributed by atoms with Crippen LogP contribution in [0.1, 0.15) is 61.9 Å². The standard InChI is InChI=1S/C22H34N4O2/c1-5-7-8-17(11-12-27)24-21-18(19(6-2)25-22(23)26-21)14-16-13-15(3)9-10-20(16)28-4/h9-10,13,17,27H,5-8,11-12,14H2,1-4H3,(H3,23,24,25,26)/t17-/m0/s1. The Balaban J connectivity index is 2.43. The average molecular weight is 387 g/mol. The Morgan fingerprint density at radius 2 is 2.00 bits per heavy atom. The highest BCUT2D eigenvalue weighted by molar-refractivity contribution is 5.54. The highest BCUT2D eigenvalue weighted by Gasteiger charge is 2.18. The van der Waals surface area contributed by atoms with Gasteiger partial charge in [-0.05, 0) is 37.8 Å². The van der Waals surface area contributed by atoms with Gasteiger partial charge in [0.05, 0.1) is 12.8 Å². The highest BCUT2D eigenvalue weighted by Crippen LogP contribution is 2.28. The second kappa shape index (κ2) is 10.9.